The van der Waals surface area contributed by atoms with Gasteiger partial charge in [0.25, 0.3) is 5.91 Å². The third kappa shape index (κ3) is 4.70. The number of anilines is 2. The fourth-order valence-corrected chi connectivity index (χ4v) is 5.84. The average Bonchev–Trinajstić information content (AvgIpc) is 3.21. The maximum atomic E-state index is 14.9. The Bertz CT molecular complexity index is 1310. The van der Waals surface area contributed by atoms with Gasteiger partial charge in [0, 0.05) is 12.2 Å². The number of hydrogen-bond donors (Lipinski definition) is 4. The number of halogens is 3. The molecule has 196 valence electrons. The van der Waals surface area contributed by atoms with Gasteiger partial charge < -0.3 is 26.6 Å². The summed E-state index contributed by atoms with van der Waals surface area (Å²) in [6.45, 7) is 1.37. The predicted molar refractivity (Wildman–Crippen MR) is 133 cm³/mol. The molecule has 8 nitrogen and oxygen atoms in total. The number of aliphatic hydroxyl groups is 1. The summed E-state index contributed by atoms with van der Waals surface area (Å²) in [5.74, 6) is -2.74. The van der Waals surface area contributed by atoms with E-state index in [9.17, 15) is 23.1 Å². The summed E-state index contributed by atoms with van der Waals surface area (Å²) in [7, 11) is 0. The number of rotatable bonds is 5. The summed E-state index contributed by atoms with van der Waals surface area (Å²) in [4.78, 5) is 21.3. The van der Waals surface area contributed by atoms with Crippen molar-refractivity contribution in [2.75, 3.05) is 24.3 Å². The average molecular weight is 534 g/mol. The summed E-state index contributed by atoms with van der Waals surface area (Å²) in [5, 5.41) is 12.8. The second kappa shape index (κ2) is 9.67. The molecule has 3 aromatic rings. The SMILES string of the molecule is CC1CC(c2ccncc2NC(=O)c2nc(-c3c(F)cc(C4(F)COC4)cc3F)sc2N)CC(N)C1O. The maximum Gasteiger partial charge on any atom is 0.277 e. The summed E-state index contributed by atoms with van der Waals surface area (Å²) in [5.41, 5.74) is 10.6. The Morgan fingerprint density at radius 1 is 1.27 bits per heavy atom. The van der Waals surface area contributed by atoms with Crippen LogP contribution in [-0.4, -0.2) is 46.3 Å². The van der Waals surface area contributed by atoms with Gasteiger partial charge in [-0.2, -0.15) is 0 Å². The maximum absolute atomic E-state index is 14.9. The minimum absolute atomic E-state index is 0.0170. The molecular weight excluding hydrogens is 507 g/mol. The van der Waals surface area contributed by atoms with Crippen LogP contribution >= 0.6 is 11.3 Å². The monoisotopic (exact) mass is 533 g/mol. The number of carbonyl (C=O) groups excluding carboxylic acids is 1. The number of alkyl halides is 1. The van der Waals surface area contributed by atoms with Crippen LogP contribution in [0.4, 0.5) is 23.9 Å². The number of aliphatic hydroxyl groups excluding tert-OH is 1. The van der Waals surface area contributed by atoms with Crippen LogP contribution in [0.25, 0.3) is 10.6 Å². The molecular formula is C25H26F3N5O3S. The molecule has 1 amide bonds. The Labute approximate surface area is 214 Å². The number of carbonyl (C=O) groups is 1. The van der Waals surface area contributed by atoms with Gasteiger partial charge >= 0.3 is 0 Å². The van der Waals surface area contributed by atoms with Crippen molar-refractivity contribution < 1.29 is 27.8 Å². The van der Waals surface area contributed by atoms with Crippen molar-refractivity contribution in [3.05, 3.63) is 59.0 Å². The number of aromatic nitrogens is 2. The van der Waals surface area contributed by atoms with Crippen molar-refractivity contribution in [3.8, 4) is 10.6 Å². The molecule has 6 N–H and O–H groups in total. The van der Waals surface area contributed by atoms with Gasteiger partial charge in [-0.05, 0) is 54.0 Å². The molecule has 4 unspecified atom stereocenters. The molecule has 4 atom stereocenters. The predicted octanol–water partition coefficient (Wildman–Crippen LogP) is 3.71. The quantitative estimate of drug-likeness (QED) is 0.392. The molecule has 1 aliphatic heterocycles. The van der Waals surface area contributed by atoms with Gasteiger partial charge in [-0.1, -0.05) is 18.3 Å². The molecule has 3 heterocycles. The van der Waals surface area contributed by atoms with Gasteiger partial charge in [0.2, 0.25) is 0 Å². The molecule has 12 heteroatoms. The number of amides is 1. The van der Waals surface area contributed by atoms with E-state index in [0.29, 0.717) is 18.5 Å². The number of hydrogen-bond acceptors (Lipinski definition) is 8. The minimum Gasteiger partial charge on any atom is -0.391 e. The topological polar surface area (TPSA) is 136 Å². The van der Waals surface area contributed by atoms with Crippen molar-refractivity contribution in [1.82, 2.24) is 9.97 Å². The Hall–Kier alpha value is -3.06. The summed E-state index contributed by atoms with van der Waals surface area (Å²) in [6, 6.07) is 3.20. The summed E-state index contributed by atoms with van der Waals surface area (Å²) >= 11 is 0.748. The second-order valence-corrected chi connectivity index (χ2v) is 10.8. The standard InChI is InChI=1S/C25H26F3N5O3S/c1-11-4-12(5-17(29)21(11)34)14-2-3-31-8-18(14)32-23(35)20-22(30)37-24(33-20)19-15(26)6-13(7-16(19)27)25(28)9-36-10-25/h2-3,6-8,11-12,17,21,34H,4-5,9-10,29-30H2,1H3,(H,32,35). The number of nitrogens with zero attached hydrogens (tertiary/aromatic N) is 2. The molecule has 0 bridgehead atoms. The number of nitrogens with two attached hydrogens (primary N) is 2. The van der Waals surface area contributed by atoms with E-state index in [0.717, 1.165) is 29.0 Å². The third-order valence-corrected chi connectivity index (χ3v) is 7.98. The minimum atomic E-state index is -1.94. The van der Waals surface area contributed by atoms with Gasteiger partial charge in [0.05, 0.1) is 36.8 Å². The molecule has 2 fully saturated rings. The van der Waals surface area contributed by atoms with Crippen LogP contribution in [0.3, 0.4) is 0 Å². The molecule has 1 saturated carbocycles. The van der Waals surface area contributed by atoms with Gasteiger partial charge in [-0.3, -0.25) is 9.78 Å². The van der Waals surface area contributed by atoms with Crippen molar-refractivity contribution in [3.63, 3.8) is 0 Å². The van der Waals surface area contributed by atoms with Crippen molar-refractivity contribution in [2.45, 2.75) is 43.5 Å². The highest BCUT2D eigenvalue weighted by Crippen LogP contribution is 2.41. The fraction of sp³-hybridized carbons (Fsp3) is 0.400. The molecule has 5 rings (SSSR count). The smallest absolute Gasteiger partial charge is 0.277 e. The lowest BCUT2D eigenvalue weighted by Gasteiger charge is -2.36. The first kappa shape index (κ1) is 25.6. The van der Waals surface area contributed by atoms with Crippen LogP contribution in [0.2, 0.25) is 0 Å². The Morgan fingerprint density at radius 2 is 1.97 bits per heavy atom. The van der Waals surface area contributed by atoms with Crippen LogP contribution in [0.5, 0.6) is 0 Å². The zero-order valence-electron chi connectivity index (χ0n) is 19.9. The van der Waals surface area contributed by atoms with Gasteiger partial charge in [-0.15, -0.1) is 0 Å². The van der Waals surface area contributed by atoms with E-state index in [1.165, 1.54) is 6.20 Å². The number of thiazole rings is 1. The van der Waals surface area contributed by atoms with Gasteiger partial charge in [-0.25, -0.2) is 18.2 Å². The van der Waals surface area contributed by atoms with Crippen molar-refractivity contribution in [1.29, 1.82) is 0 Å². The Balaban J connectivity index is 1.40. The summed E-state index contributed by atoms with van der Waals surface area (Å²) in [6.07, 6.45) is 3.70. The third-order valence-electron chi connectivity index (χ3n) is 7.08. The largest absolute Gasteiger partial charge is 0.391 e. The zero-order chi connectivity index (χ0) is 26.5. The second-order valence-electron chi connectivity index (χ2n) is 9.72. The molecule has 2 aliphatic rings. The molecule has 2 aromatic heterocycles. The van der Waals surface area contributed by atoms with Crippen molar-refractivity contribution >= 4 is 27.9 Å². The van der Waals surface area contributed by atoms with Crippen LogP contribution in [-0.2, 0) is 10.4 Å². The van der Waals surface area contributed by atoms with E-state index in [1.54, 1.807) is 12.3 Å². The van der Waals surface area contributed by atoms with E-state index >= 15 is 0 Å². The number of ether oxygens (including phenoxy) is 1. The van der Waals surface area contributed by atoms with E-state index in [4.69, 9.17) is 16.2 Å². The highest BCUT2D eigenvalue weighted by atomic mass is 32.1. The molecule has 1 aromatic carbocycles. The van der Waals surface area contributed by atoms with E-state index in [-0.39, 0.29) is 46.3 Å². The van der Waals surface area contributed by atoms with E-state index in [1.807, 2.05) is 6.92 Å². The van der Waals surface area contributed by atoms with Crippen LogP contribution < -0.4 is 16.8 Å². The highest BCUT2D eigenvalue weighted by molar-refractivity contribution is 7.19. The first-order valence-corrected chi connectivity index (χ1v) is 12.6. The zero-order valence-corrected chi connectivity index (χ0v) is 20.7. The Kier molecular flexibility index (Phi) is 6.69. The highest BCUT2D eigenvalue weighted by Gasteiger charge is 2.42. The first-order valence-electron chi connectivity index (χ1n) is 11.8. The normalized spacial score (nSPS) is 24.9. The number of pyridine rings is 1. The van der Waals surface area contributed by atoms with Crippen LogP contribution in [0.1, 0.15) is 47.3 Å². The lowest BCUT2D eigenvalue weighted by Crippen LogP contribution is -2.44. The number of nitrogens with one attached hydrogen (secondary N) is 1. The molecule has 37 heavy (non-hydrogen) atoms. The molecule has 1 aliphatic carbocycles. The van der Waals surface area contributed by atoms with Gasteiger partial charge in [0.15, 0.2) is 11.4 Å². The van der Waals surface area contributed by atoms with Crippen LogP contribution in [0.15, 0.2) is 30.6 Å². The van der Waals surface area contributed by atoms with Crippen molar-refractivity contribution in [2.24, 2.45) is 11.7 Å². The molecule has 0 radical (unpaired) electrons. The van der Waals surface area contributed by atoms with E-state index in [2.05, 4.69) is 15.3 Å². The van der Waals surface area contributed by atoms with E-state index < -0.39 is 40.9 Å². The summed E-state index contributed by atoms with van der Waals surface area (Å²) < 4.78 is 49.1. The van der Waals surface area contributed by atoms with Gasteiger partial charge in [0.1, 0.15) is 21.6 Å². The molecule has 0 spiro atoms. The van der Waals surface area contributed by atoms with Crippen LogP contribution in [0, 0.1) is 17.6 Å². The first-order chi connectivity index (χ1) is 17.6. The fourth-order valence-electron chi connectivity index (χ4n) is 4.96. The lowest BCUT2D eigenvalue weighted by atomic mass is 9.74. The number of nitrogen functional groups attached to an aromatic ring is 1. The molecule has 1 saturated heterocycles. The lowest BCUT2D eigenvalue weighted by molar-refractivity contribution is -0.135. The Morgan fingerprint density at radius 3 is 2.59 bits per heavy atom. The number of benzene rings is 1.